The molecule has 0 bridgehead atoms. The van der Waals surface area contributed by atoms with Gasteiger partial charge in [-0.2, -0.15) is 0 Å². The fraction of sp³-hybridized carbons (Fsp3) is 0.333. The van der Waals surface area contributed by atoms with Crippen LogP contribution in [0.3, 0.4) is 0 Å². The summed E-state index contributed by atoms with van der Waals surface area (Å²) in [7, 11) is 1.45. The van der Waals surface area contributed by atoms with Gasteiger partial charge in [0.15, 0.2) is 11.6 Å². The molecule has 0 aliphatic carbocycles. The van der Waals surface area contributed by atoms with Crippen molar-refractivity contribution in [3.8, 4) is 5.75 Å². The van der Waals surface area contributed by atoms with Crippen LogP contribution in [0.5, 0.6) is 5.75 Å². The fourth-order valence-electron chi connectivity index (χ4n) is 1.49. The van der Waals surface area contributed by atoms with Gasteiger partial charge in [0.05, 0.1) is 7.11 Å². The molecule has 0 fully saturated rings. The predicted octanol–water partition coefficient (Wildman–Crippen LogP) is 2.80. The molecule has 0 spiro atoms. The Morgan fingerprint density at radius 3 is 2.93 bits per heavy atom. The molecule has 3 heteroatoms. The topological polar surface area (TPSA) is 35.2 Å². The van der Waals surface area contributed by atoms with Gasteiger partial charge in [-0.05, 0) is 18.9 Å². The van der Waals surface area contributed by atoms with Gasteiger partial charge < -0.3 is 10.5 Å². The first-order valence-electron chi connectivity index (χ1n) is 4.89. The van der Waals surface area contributed by atoms with Gasteiger partial charge in [-0.1, -0.05) is 18.2 Å². The third-order valence-corrected chi connectivity index (χ3v) is 2.28. The lowest BCUT2D eigenvalue weighted by Crippen LogP contribution is -2.11. The average molecular weight is 209 g/mol. The Bertz CT molecular complexity index is 338. The molecule has 0 unspecified atom stereocenters. The highest BCUT2D eigenvalue weighted by molar-refractivity contribution is 5.37. The van der Waals surface area contributed by atoms with Crippen LogP contribution in [0.4, 0.5) is 4.39 Å². The van der Waals surface area contributed by atoms with E-state index in [2.05, 4.69) is 6.58 Å². The van der Waals surface area contributed by atoms with E-state index in [1.54, 1.807) is 18.2 Å². The Labute approximate surface area is 89.6 Å². The van der Waals surface area contributed by atoms with Crippen LogP contribution in [0, 0.1) is 5.82 Å². The maximum atomic E-state index is 13.3. The summed E-state index contributed by atoms with van der Waals surface area (Å²) < 4.78 is 18.3. The Morgan fingerprint density at radius 1 is 1.60 bits per heavy atom. The first kappa shape index (κ1) is 11.7. The summed E-state index contributed by atoms with van der Waals surface area (Å²) in [4.78, 5) is 0. The first-order valence-corrected chi connectivity index (χ1v) is 4.89. The van der Waals surface area contributed by atoms with Gasteiger partial charge in [-0.3, -0.25) is 0 Å². The van der Waals surface area contributed by atoms with Crippen molar-refractivity contribution < 1.29 is 9.13 Å². The van der Waals surface area contributed by atoms with Crippen LogP contribution in [0.1, 0.15) is 24.4 Å². The fourth-order valence-corrected chi connectivity index (χ4v) is 1.49. The number of rotatable bonds is 5. The standard InChI is InChI=1S/C12H16FNO/c1-3-4-8-11(14)9-6-5-7-10(13)12(9)15-2/h3,5-7,11H,1,4,8,14H2,2H3/t11-/m0/s1. The van der Waals surface area contributed by atoms with E-state index < -0.39 is 0 Å². The molecule has 15 heavy (non-hydrogen) atoms. The number of ether oxygens (including phenoxy) is 1. The van der Waals surface area contributed by atoms with Gasteiger partial charge in [0.1, 0.15) is 0 Å². The molecule has 2 N–H and O–H groups in total. The summed E-state index contributed by atoms with van der Waals surface area (Å²) in [5, 5.41) is 0. The summed E-state index contributed by atoms with van der Waals surface area (Å²) in [5.74, 6) is -0.127. The Balaban J connectivity index is 2.91. The van der Waals surface area contributed by atoms with E-state index >= 15 is 0 Å². The van der Waals surface area contributed by atoms with Gasteiger partial charge in [0.25, 0.3) is 0 Å². The molecule has 0 radical (unpaired) electrons. The molecular weight excluding hydrogens is 193 g/mol. The second-order valence-corrected chi connectivity index (χ2v) is 3.33. The minimum absolute atomic E-state index is 0.214. The van der Waals surface area contributed by atoms with Crippen molar-refractivity contribution in [2.24, 2.45) is 5.73 Å². The number of hydrogen-bond donors (Lipinski definition) is 1. The van der Waals surface area contributed by atoms with E-state index in [1.807, 2.05) is 0 Å². The molecule has 0 amide bonds. The number of hydrogen-bond acceptors (Lipinski definition) is 2. The molecule has 1 aromatic rings. The molecule has 1 atom stereocenters. The van der Waals surface area contributed by atoms with Crippen molar-refractivity contribution in [2.45, 2.75) is 18.9 Å². The average Bonchev–Trinajstić information content (AvgIpc) is 2.25. The van der Waals surface area contributed by atoms with E-state index in [-0.39, 0.29) is 17.6 Å². The van der Waals surface area contributed by atoms with E-state index in [9.17, 15) is 4.39 Å². The molecule has 0 heterocycles. The van der Waals surface area contributed by atoms with Crippen molar-refractivity contribution in [1.29, 1.82) is 0 Å². The molecular formula is C12H16FNO. The SMILES string of the molecule is C=CCC[C@H](N)c1cccc(F)c1OC. The van der Waals surface area contributed by atoms with Gasteiger partial charge in [0, 0.05) is 11.6 Å². The molecule has 0 aliphatic heterocycles. The van der Waals surface area contributed by atoms with Crippen LogP contribution in [0.15, 0.2) is 30.9 Å². The molecule has 82 valence electrons. The highest BCUT2D eigenvalue weighted by Crippen LogP contribution is 2.28. The normalized spacial score (nSPS) is 12.2. The number of methoxy groups -OCH3 is 1. The molecule has 0 aliphatic rings. The van der Waals surface area contributed by atoms with Gasteiger partial charge in [-0.15, -0.1) is 6.58 Å². The minimum atomic E-state index is -0.371. The van der Waals surface area contributed by atoms with E-state index in [4.69, 9.17) is 10.5 Å². The van der Waals surface area contributed by atoms with Crippen LogP contribution in [0.25, 0.3) is 0 Å². The number of para-hydroxylation sites is 1. The summed E-state index contributed by atoms with van der Waals surface area (Å²) in [6.07, 6.45) is 3.34. The second-order valence-electron chi connectivity index (χ2n) is 3.33. The molecule has 0 saturated carbocycles. The van der Waals surface area contributed by atoms with Crippen LogP contribution in [0.2, 0.25) is 0 Å². The molecule has 2 nitrogen and oxygen atoms in total. The van der Waals surface area contributed by atoms with Crippen LogP contribution >= 0.6 is 0 Å². The van der Waals surface area contributed by atoms with E-state index in [1.165, 1.54) is 13.2 Å². The second kappa shape index (κ2) is 5.51. The predicted molar refractivity (Wildman–Crippen MR) is 59.3 cm³/mol. The summed E-state index contributed by atoms with van der Waals surface area (Å²) >= 11 is 0. The van der Waals surface area contributed by atoms with Gasteiger partial charge >= 0.3 is 0 Å². The number of allylic oxidation sites excluding steroid dienone is 1. The summed E-state index contributed by atoms with van der Waals surface area (Å²) in [6, 6.07) is 4.58. The molecule has 1 rings (SSSR count). The monoisotopic (exact) mass is 209 g/mol. The third-order valence-electron chi connectivity index (χ3n) is 2.28. The maximum absolute atomic E-state index is 13.3. The number of nitrogens with two attached hydrogens (primary N) is 1. The van der Waals surface area contributed by atoms with Crippen molar-refractivity contribution in [3.05, 3.63) is 42.2 Å². The van der Waals surface area contributed by atoms with Crippen LogP contribution in [-0.2, 0) is 0 Å². The van der Waals surface area contributed by atoms with Gasteiger partial charge in [-0.25, -0.2) is 4.39 Å². The molecule has 1 aromatic carbocycles. The van der Waals surface area contributed by atoms with Crippen molar-refractivity contribution in [3.63, 3.8) is 0 Å². The molecule has 0 saturated heterocycles. The minimum Gasteiger partial charge on any atom is -0.493 e. The highest BCUT2D eigenvalue weighted by Gasteiger charge is 2.14. The quantitative estimate of drug-likeness (QED) is 0.757. The van der Waals surface area contributed by atoms with Crippen LogP contribution < -0.4 is 10.5 Å². The number of benzene rings is 1. The summed E-state index contributed by atoms with van der Waals surface area (Å²) in [6.45, 7) is 3.63. The summed E-state index contributed by atoms with van der Waals surface area (Å²) in [5.41, 5.74) is 6.64. The lowest BCUT2D eigenvalue weighted by Gasteiger charge is -2.15. The Morgan fingerprint density at radius 2 is 2.33 bits per heavy atom. The molecule has 0 aromatic heterocycles. The smallest absolute Gasteiger partial charge is 0.165 e. The lowest BCUT2D eigenvalue weighted by molar-refractivity contribution is 0.376. The van der Waals surface area contributed by atoms with E-state index in [0.29, 0.717) is 5.56 Å². The lowest BCUT2D eigenvalue weighted by atomic mass is 10.0. The first-order chi connectivity index (χ1) is 7.20. The zero-order valence-electron chi connectivity index (χ0n) is 8.87. The van der Waals surface area contributed by atoms with Crippen molar-refractivity contribution in [2.75, 3.05) is 7.11 Å². The van der Waals surface area contributed by atoms with E-state index in [0.717, 1.165) is 12.8 Å². The zero-order valence-corrected chi connectivity index (χ0v) is 8.87. The van der Waals surface area contributed by atoms with Crippen LogP contribution in [-0.4, -0.2) is 7.11 Å². The number of halogens is 1. The zero-order chi connectivity index (χ0) is 11.3. The Kier molecular flexibility index (Phi) is 4.31. The van der Waals surface area contributed by atoms with Crippen molar-refractivity contribution >= 4 is 0 Å². The third kappa shape index (κ3) is 2.80. The largest absolute Gasteiger partial charge is 0.493 e. The Hall–Kier alpha value is -1.35. The maximum Gasteiger partial charge on any atom is 0.165 e. The van der Waals surface area contributed by atoms with Crippen molar-refractivity contribution in [1.82, 2.24) is 0 Å². The highest BCUT2D eigenvalue weighted by atomic mass is 19.1. The van der Waals surface area contributed by atoms with Gasteiger partial charge in [0.2, 0.25) is 0 Å².